The van der Waals surface area contributed by atoms with Crippen LogP contribution in [0.15, 0.2) is 15.8 Å². The maximum Gasteiger partial charge on any atom is 0.330 e. The average molecular weight is 298 g/mol. The average Bonchev–Trinajstić information content (AvgIpc) is 2.83. The number of aromatic amines is 1. The van der Waals surface area contributed by atoms with E-state index in [2.05, 4.69) is 4.98 Å². The number of nitrogens with zero attached hydrogens (tertiary/aromatic N) is 1. The summed E-state index contributed by atoms with van der Waals surface area (Å²) in [6.07, 6.45) is 0.706. The number of aryl methyl sites for hydroxylation is 1. The molecule has 0 saturated carbocycles. The molecule has 0 aliphatic carbocycles. The predicted octanol–water partition coefficient (Wildman–Crippen LogP) is -0.696. The number of hydrogen-bond acceptors (Lipinski definition) is 6. The van der Waals surface area contributed by atoms with Gasteiger partial charge >= 0.3 is 11.7 Å². The first kappa shape index (κ1) is 15.5. The quantitative estimate of drug-likeness (QED) is 0.711. The maximum atomic E-state index is 11.8. The molecule has 8 nitrogen and oxygen atoms in total. The lowest BCUT2D eigenvalue weighted by Gasteiger charge is -2.15. The second-order valence-electron chi connectivity index (χ2n) is 5.09. The number of carbonyl (C=O) groups excluding carboxylic acids is 1. The Kier molecular flexibility index (Phi) is 4.59. The van der Waals surface area contributed by atoms with E-state index >= 15 is 0 Å². The number of nitrogens with one attached hydrogen (secondary N) is 1. The molecule has 1 fully saturated rings. The van der Waals surface area contributed by atoms with Gasteiger partial charge in [-0.2, -0.15) is 0 Å². The van der Waals surface area contributed by atoms with Gasteiger partial charge in [-0.05, 0) is 6.92 Å². The van der Waals surface area contributed by atoms with Crippen LogP contribution in [0.5, 0.6) is 0 Å². The number of H-pyrrole nitrogens is 1. The van der Waals surface area contributed by atoms with Gasteiger partial charge in [0.1, 0.15) is 6.23 Å². The predicted molar refractivity (Wildman–Crippen MR) is 71.8 cm³/mol. The van der Waals surface area contributed by atoms with Gasteiger partial charge in [0.05, 0.1) is 19.3 Å². The molecule has 0 spiro atoms. The number of aliphatic hydroxyl groups excluding tert-OH is 1. The standard InChI is InChI=1S/C13H18N2O6/c1-7-4-15(13(19)14-12(7)18)11-3-9(6-20-8(2)17)10(5-16)21-11/h4,9-11,16H,3,5-6H2,1-2H3,(H,14,18,19)/t9-,10+,11+/m0/s1. The first-order valence-electron chi connectivity index (χ1n) is 6.64. The molecule has 1 aliphatic heterocycles. The maximum absolute atomic E-state index is 11.8. The number of esters is 1. The lowest BCUT2D eigenvalue weighted by atomic mass is 10.0. The van der Waals surface area contributed by atoms with Gasteiger partial charge in [0.25, 0.3) is 5.56 Å². The van der Waals surface area contributed by atoms with E-state index in [-0.39, 0.29) is 19.1 Å². The summed E-state index contributed by atoms with van der Waals surface area (Å²) >= 11 is 0. The fourth-order valence-corrected chi connectivity index (χ4v) is 2.35. The van der Waals surface area contributed by atoms with Gasteiger partial charge in [0.15, 0.2) is 0 Å². The number of rotatable bonds is 4. The van der Waals surface area contributed by atoms with E-state index in [0.717, 1.165) is 0 Å². The van der Waals surface area contributed by atoms with Crippen LogP contribution in [0.4, 0.5) is 0 Å². The molecular formula is C13H18N2O6. The summed E-state index contributed by atoms with van der Waals surface area (Å²) in [5.41, 5.74) is -0.618. The lowest BCUT2D eigenvalue weighted by molar-refractivity contribution is -0.143. The molecule has 1 saturated heterocycles. The molecule has 0 radical (unpaired) electrons. The van der Waals surface area contributed by atoms with Crippen LogP contribution in [0.3, 0.4) is 0 Å². The Bertz CT molecular complexity index is 634. The molecule has 2 heterocycles. The van der Waals surface area contributed by atoms with Crippen molar-refractivity contribution in [1.29, 1.82) is 0 Å². The van der Waals surface area contributed by atoms with Gasteiger partial charge in [-0.1, -0.05) is 0 Å². The van der Waals surface area contributed by atoms with Gasteiger partial charge < -0.3 is 14.6 Å². The van der Waals surface area contributed by atoms with Gasteiger partial charge in [0, 0.05) is 31.0 Å². The molecule has 8 heteroatoms. The fraction of sp³-hybridized carbons (Fsp3) is 0.615. The monoisotopic (exact) mass is 298 g/mol. The van der Waals surface area contributed by atoms with Crippen LogP contribution < -0.4 is 11.2 Å². The Hall–Kier alpha value is -1.93. The van der Waals surface area contributed by atoms with Gasteiger partial charge in [-0.25, -0.2) is 4.79 Å². The molecule has 2 rings (SSSR count). The molecule has 3 atom stereocenters. The fourth-order valence-electron chi connectivity index (χ4n) is 2.35. The number of aromatic nitrogens is 2. The molecule has 0 bridgehead atoms. The van der Waals surface area contributed by atoms with Gasteiger partial charge in [-0.15, -0.1) is 0 Å². The second kappa shape index (κ2) is 6.23. The number of aliphatic hydroxyl groups is 1. The van der Waals surface area contributed by atoms with Crippen molar-refractivity contribution in [2.75, 3.05) is 13.2 Å². The van der Waals surface area contributed by atoms with Crippen molar-refractivity contribution < 1.29 is 19.4 Å². The molecule has 0 amide bonds. The molecule has 21 heavy (non-hydrogen) atoms. The Morgan fingerprint density at radius 1 is 1.57 bits per heavy atom. The highest BCUT2D eigenvalue weighted by Gasteiger charge is 2.37. The van der Waals surface area contributed by atoms with E-state index in [1.54, 1.807) is 6.92 Å². The summed E-state index contributed by atoms with van der Waals surface area (Å²) in [5.74, 6) is -0.616. The second-order valence-corrected chi connectivity index (χ2v) is 5.09. The molecular weight excluding hydrogens is 280 g/mol. The molecule has 1 aromatic rings. The number of ether oxygens (including phenoxy) is 2. The number of hydrogen-bond donors (Lipinski definition) is 2. The van der Waals surface area contributed by atoms with E-state index < -0.39 is 29.6 Å². The summed E-state index contributed by atoms with van der Waals surface area (Å²) in [4.78, 5) is 36.3. The topological polar surface area (TPSA) is 111 Å². The minimum Gasteiger partial charge on any atom is -0.465 e. The van der Waals surface area contributed by atoms with Crippen molar-refractivity contribution in [3.8, 4) is 0 Å². The Balaban J connectivity index is 2.19. The highest BCUT2D eigenvalue weighted by molar-refractivity contribution is 5.65. The molecule has 1 aliphatic rings. The van der Waals surface area contributed by atoms with Crippen molar-refractivity contribution in [1.82, 2.24) is 9.55 Å². The van der Waals surface area contributed by atoms with Crippen LogP contribution >= 0.6 is 0 Å². The third kappa shape index (κ3) is 3.40. The number of carbonyl (C=O) groups is 1. The van der Waals surface area contributed by atoms with E-state index in [0.29, 0.717) is 12.0 Å². The SMILES string of the molecule is CC(=O)OC[C@@H]1C[C@H](n2cc(C)c(=O)[nH]c2=O)O[C@@H]1CO. The van der Waals surface area contributed by atoms with Crippen molar-refractivity contribution in [2.45, 2.75) is 32.6 Å². The van der Waals surface area contributed by atoms with Crippen molar-refractivity contribution in [2.24, 2.45) is 5.92 Å². The smallest absolute Gasteiger partial charge is 0.330 e. The highest BCUT2D eigenvalue weighted by Crippen LogP contribution is 2.32. The molecule has 0 aromatic carbocycles. The van der Waals surface area contributed by atoms with Crippen molar-refractivity contribution in [3.63, 3.8) is 0 Å². The van der Waals surface area contributed by atoms with Crippen LogP contribution in [0.2, 0.25) is 0 Å². The van der Waals surface area contributed by atoms with Crippen LogP contribution in [-0.4, -0.2) is 39.9 Å². The van der Waals surface area contributed by atoms with Crippen molar-refractivity contribution in [3.05, 3.63) is 32.6 Å². The molecule has 2 N–H and O–H groups in total. The zero-order valence-corrected chi connectivity index (χ0v) is 11.9. The Labute approximate surface area is 120 Å². The minimum atomic E-state index is -0.606. The largest absolute Gasteiger partial charge is 0.465 e. The van der Waals surface area contributed by atoms with Crippen molar-refractivity contribution >= 4 is 5.97 Å². The third-order valence-electron chi connectivity index (χ3n) is 3.50. The minimum absolute atomic E-state index is 0.119. The summed E-state index contributed by atoms with van der Waals surface area (Å²) in [6.45, 7) is 2.77. The Morgan fingerprint density at radius 3 is 2.90 bits per heavy atom. The molecule has 116 valence electrons. The van der Waals surface area contributed by atoms with E-state index in [1.807, 2.05) is 0 Å². The summed E-state index contributed by atoms with van der Waals surface area (Å²) in [5, 5.41) is 9.32. The van der Waals surface area contributed by atoms with E-state index in [1.165, 1.54) is 17.7 Å². The molecule has 0 unspecified atom stereocenters. The van der Waals surface area contributed by atoms with Gasteiger partial charge in [0.2, 0.25) is 0 Å². The zero-order valence-electron chi connectivity index (χ0n) is 11.9. The zero-order chi connectivity index (χ0) is 15.6. The summed E-state index contributed by atoms with van der Waals surface area (Å²) in [6, 6.07) is 0. The first-order valence-corrected chi connectivity index (χ1v) is 6.64. The Morgan fingerprint density at radius 2 is 2.29 bits per heavy atom. The van der Waals surface area contributed by atoms with Crippen LogP contribution in [0.1, 0.15) is 25.1 Å². The van der Waals surface area contributed by atoms with E-state index in [9.17, 15) is 19.5 Å². The van der Waals surface area contributed by atoms with E-state index in [4.69, 9.17) is 9.47 Å². The van der Waals surface area contributed by atoms with Crippen LogP contribution in [0.25, 0.3) is 0 Å². The summed E-state index contributed by atoms with van der Waals surface area (Å²) in [7, 11) is 0. The van der Waals surface area contributed by atoms with Crippen LogP contribution in [0, 0.1) is 12.8 Å². The third-order valence-corrected chi connectivity index (χ3v) is 3.50. The normalized spacial score (nSPS) is 25.0. The summed E-state index contributed by atoms with van der Waals surface area (Å²) < 4.78 is 11.8. The van der Waals surface area contributed by atoms with Gasteiger partial charge in [-0.3, -0.25) is 19.1 Å². The first-order chi connectivity index (χ1) is 9.92. The van der Waals surface area contributed by atoms with Crippen LogP contribution in [-0.2, 0) is 14.3 Å². The lowest BCUT2D eigenvalue weighted by Crippen LogP contribution is -2.33. The highest BCUT2D eigenvalue weighted by atomic mass is 16.5. The molecule has 1 aromatic heterocycles.